The molecule has 0 aliphatic heterocycles. The number of halogens is 2. The van der Waals surface area contributed by atoms with Crippen molar-refractivity contribution in [3.8, 4) is 0 Å². The molecule has 0 saturated carbocycles. The SMILES string of the molecule is Clc1cccc(Cn2ncc3cnc(Cl)nc32)c1. The van der Waals surface area contributed by atoms with Crippen molar-refractivity contribution >= 4 is 34.2 Å². The van der Waals surface area contributed by atoms with E-state index in [0.717, 1.165) is 16.6 Å². The summed E-state index contributed by atoms with van der Waals surface area (Å²) in [5.74, 6) is 0. The van der Waals surface area contributed by atoms with Crippen molar-refractivity contribution in [2.45, 2.75) is 6.54 Å². The Labute approximate surface area is 113 Å². The Bertz CT molecular complexity index is 708. The van der Waals surface area contributed by atoms with Gasteiger partial charge in [0.15, 0.2) is 5.65 Å². The van der Waals surface area contributed by atoms with Gasteiger partial charge in [-0.15, -0.1) is 0 Å². The molecule has 0 atom stereocenters. The summed E-state index contributed by atoms with van der Waals surface area (Å²) in [6.45, 7) is 0.595. The zero-order chi connectivity index (χ0) is 12.5. The van der Waals surface area contributed by atoms with E-state index in [1.54, 1.807) is 17.1 Å². The molecular formula is C12H8Cl2N4. The van der Waals surface area contributed by atoms with Crippen LogP contribution < -0.4 is 0 Å². The second-order valence-electron chi connectivity index (χ2n) is 3.85. The summed E-state index contributed by atoms with van der Waals surface area (Å²) < 4.78 is 1.77. The molecule has 4 nitrogen and oxygen atoms in total. The second-order valence-corrected chi connectivity index (χ2v) is 4.62. The number of hydrogen-bond donors (Lipinski definition) is 0. The van der Waals surface area contributed by atoms with Gasteiger partial charge in [0.25, 0.3) is 0 Å². The van der Waals surface area contributed by atoms with Crippen molar-refractivity contribution in [1.82, 2.24) is 19.7 Å². The lowest BCUT2D eigenvalue weighted by Gasteiger charge is -2.03. The van der Waals surface area contributed by atoms with E-state index < -0.39 is 0 Å². The van der Waals surface area contributed by atoms with Crippen LogP contribution in [-0.2, 0) is 6.54 Å². The first kappa shape index (κ1) is 11.4. The van der Waals surface area contributed by atoms with Crippen LogP contribution in [0.3, 0.4) is 0 Å². The minimum atomic E-state index is 0.218. The predicted molar refractivity (Wildman–Crippen MR) is 70.9 cm³/mol. The number of nitrogens with zero attached hydrogens (tertiary/aromatic N) is 4. The molecule has 0 amide bonds. The van der Waals surface area contributed by atoms with Crippen molar-refractivity contribution in [3.63, 3.8) is 0 Å². The molecule has 18 heavy (non-hydrogen) atoms. The molecule has 0 N–H and O–H groups in total. The first-order valence-electron chi connectivity index (χ1n) is 5.31. The highest BCUT2D eigenvalue weighted by Crippen LogP contribution is 2.16. The Morgan fingerprint density at radius 1 is 1.17 bits per heavy atom. The van der Waals surface area contributed by atoms with E-state index in [9.17, 15) is 0 Å². The summed E-state index contributed by atoms with van der Waals surface area (Å²) in [7, 11) is 0. The van der Waals surface area contributed by atoms with Crippen LogP contribution in [-0.4, -0.2) is 19.7 Å². The highest BCUT2D eigenvalue weighted by atomic mass is 35.5. The molecule has 0 radical (unpaired) electrons. The highest BCUT2D eigenvalue weighted by molar-refractivity contribution is 6.30. The van der Waals surface area contributed by atoms with E-state index in [-0.39, 0.29) is 5.28 Å². The lowest BCUT2D eigenvalue weighted by atomic mass is 10.2. The van der Waals surface area contributed by atoms with E-state index in [0.29, 0.717) is 11.6 Å². The summed E-state index contributed by atoms with van der Waals surface area (Å²) in [6, 6.07) is 7.64. The van der Waals surface area contributed by atoms with Gasteiger partial charge in [-0.2, -0.15) is 10.1 Å². The molecule has 0 aliphatic rings. The Balaban J connectivity index is 2.02. The monoisotopic (exact) mass is 278 g/mol. The molecule has 90 valence electrons. The second kappa shape index (κ2) is 4.55. The maximum atomic E-state index is 5.95. The van der Waals surface area contributed by atoms with E-state index in [1.807, 2.05) is 24.3 Å². The molecule has 6 heteroatoms. The average molecular weight is 279 g/mol. The van der Waals surface area contributed by atoms with Crippen molar-refractivity contribution in [1.29, 1.82) is 0 Å². The molecule has 3 rings (SSSR count). The first-order chi connectivity index (χ1) is 8.72. The number of aromatic nitrogens is 4. The van der Waals surface area contributed by atoms with Crippen LogP contribution in [0.4, 0.5) is 0 Å². The Kier molecular flexibility index (Phi) is 2.89. The average Bonchev–Trinajstić information content (AvgIpc) is 2.72. The lowest BCUT2D eigenvalue weighted by Crippen LogP contribution is -2.02. The molecule has 2 heterocycles. The van der Waals surface area contributed by atoms with Gasteiger partial charge in [0.1, 0.15) is 0 Å². The summed E-state index contributed by atoms with van der Waals surface area (Å²) >= 11 is 11.7. The topological polar surface area (TPSA) is 43.6 Å². The van der Waals surface area contributed by atoms with Gasteiger partial charge in [0.05, 0.1) is 18.1 Å². The van der Waals surface area contributed by atoms with Gasteiger partial charge in [-0.05, 0) is 29.3 Å². The third-order valence-electron chi connectivity index (χ3n) is 2.57. The molecule has 0 spiro atoms. The maximum Gasteiger partial charge on any atom is 0.224 e. The summed E-state index contributed by atoms with van der Waals surface area (Å²) in [6.07, 6.45) is 3.38. The van der Waals surface area contributed by atoms with Crippen LogP contribution in [0, 0.1) is 0 Å². The van der Waals surface area contributed by atoms with Crippen molar-refractivity contribution in [2.75, 3.05) is 0 Å². The zero-order valence-electron chi connectivity index (χ0n) is 9.22. The third-order valence-corrected chi connectivity index (χ3v) is 2.99. The fourth-order valence-electron chi connectivity index (χ4n) is 1.77. The Hall–Kier alpha value is -1.65. The summed E-state index contributed by atoms with van der Waals surface area (Å²) in [4.78, 5) is 8.10. The minimum Gasteiger partial charge on any atom is -0.243 e. The summed E-state index contributed by atoms with van der Waals surface area (Å²) in [5, 5.41) is 6.06. The van der Waals surface area contributed by atoms with Crippen LogP contribution in [0.25, 0.3) is 11.0 Å². The molecule has 3 aromatic rings. The van der Waals surface area contributed by atoms with Crippen LogP contribution >= 0.6 is 23.2 Å². The Morgan fingerprint density at radius 2 is 2.06 bits per heavy atom. The van der Waals surface area contributed by atoms with Crippen LogP contribution in [0.2, 0.25) is 10.3 Å². The van der Waals surface area contributed by atoms with E-state index in [1.165, 1.54) is 0 Å². The highest BCUT2D eigenvalue weighted by Gasteiger charge is 2.06. The largest absolute Gasteiger partial charge is 0.243 e. The minimum absolute atomic E-state index is 0.218. The number of fused-ring (bicyclic) bond motifs is 1. The van der Waals surface area contributed by atoms with Gasteiger partial charge in [-0.25, -0.2) is 9.67 Å². The van der Waals surface area contributed by atoms with Crippen LogP contribution in [0.1, 0.15) is 5.56 Å². The van der Waals surface area contributed by atoms with E-state index in [2.05, 4.69) is 15.1 Å². The lowest BCUT2D eigenvalue weighted by molar-refractivity contribution is 0.704. The fraction of sp³-hybridized carbons (Fsp3) is 0.0833. The predicted octanol–water partition coefficient (Wildman–Crippen LogP) is 3.18. The number of benzene rings is 1. The molecule has 0 bridgehead atoms. The smallest absolute Gasteiger partial charge is 0.224 e. The quantitative estimate of drug-likeness (QED) is 0.677. The van der Waals surface area contributed by atoms with Gasteiger partial charge in [-0.1, -0.05) is 23.7 Å². The van der Waals surface area contributed by atoms with Crippen LogP contribution in [0.15, 0.2) is 36.7 Å². The van der Waals surface area contributed by atoms with Gasteiger partial charge < -0.3 is 0 Å². The zero-order valence-corrected chi connectivity index (χ0v) is 10.7. The van der Waals surface area contributed by atoms with Crippen molar-refractivity contribution < 1.29 is 0 Å². The van der Waals surface area contributed by atoms with Gasteiger partial charge in [0, 0.05) is 11.2 Å². The van der Waals surface area contributed by atoms with Gasteiger partial charge in [-0.3, -0.25) is 0 Å². The molecule has 2 aromatic heterocycles. The van der Waals surface area contributed by atoms with Crippen molar-refractivity contribution in [2.24, 2.45) is 0 Å². The van der Waals surface area contributed by atoms with E-state index in [4.69, 9.17) is 23.2 Å². The summed E-state index contributed by atoms with van der Waals surface area (Å²) in [5.41, 5.74) is 1.78. The molecule has 0 fully saturated rings. The van der Waals surface area contributed by atoms with Gasteiger partial charge in [0.2, 0.25) is 5.28 Å². The number of rotatable bonds is 2. The van der Waals surface area contributed by atoms with E-state index >= 15 is 0 Å². The van der Waals surface area contributed by atoms with Crippen LogP contribution in [0.5, 0.6) is 0 Å². The molecular weight excluding hydrogens is 271 g/mol. The maximum absolute atomic E-state index is 5.95. The normalized spacial score (nSPS) is 11.0. The first-order valence-corrected chi connectivity index (χ1v) is 6.06. The number of hydrogen-bond acceptors (Lipinski definition) is 3. The third kappa shape index (κ3) is 2.17. The Morgan fingerprint density at radius 3 is 2.89 bits per heavy atom. The fourth-order valence-corrected chi connectivity index (χ4v) is 2.11. The standard InChI is InChI=1S/C12H8Cl2N4/c13-10-3-1-2-8(4-10)7-18-11-9(6-16-18)5-15-12(14)17-11/h1-6H,7H2. The molecule has 0 saturated heterocycles. The van der Waals surface area contributed by atoms with Gasteiger partial charge >= 0.3 is 0 Å². The molecule has 0 unspecified atom stereocenters. The molecule has 1 aromatic carbocycles. The molecule has 0 aliphatic carbocycles. The van der Waals surface area contributed by atoms with Crippen molar-refractivity contribution in [3.05, 3.63) is 52.5 Å².